The van der Waals surface area contributed by atoms with Gasteiger partial charge in [0.2, 0.25) is 0 Å². The van der Waals surface area contributed by atoms with E-state index in [9.17, 15) is 18.0 Å². The lowest BCUT2D eigenvalue weighted by molar-refractivity contribution is -0.137. The molecule has 1 aliphatic heterocycles. The number of hydrogen-bond donors (Lipinski definition) is 0. The van der Waals surface area contributed by atoms with Crippen LogP contribution in [0.3, 0.4) is 0 Å². The fraction of sp³-hybridized carbons (Fsp3) is 0.261. The van der Waals surface area contributed by atoms with Crippen molar-refractivity contribution in [2.24, 2.45) is 0 Å². The zero-order valence-electron chi connectivity index (χ0n) is 17.1. The standard InChI is InChI=1S/C23H21F3N4OS/c24-23(25,26)18-7-10-20(28-16-18)29-12-3-13-30(15-14-29)22(31)17-5-8-19(9-6-17)32-21-4-1-2-11-27-21/h1-2,4-11,16H,3,12-15H2. The van der Waals surface area contributed by atoms with Gasteiger partial charge < -0.3 is 9.80 Å². The number of alkyl halides is 3. The molecule has 0 atom stereocenters. The Morgan fingerprint density at radius 3 is 2.38 bits per heavy atom. The summed E-state index contributed by atoms with van der Waals surface area (Å²) in [6, 6.07) is 15.6. The second-order valence-electron chi connectivity index (χ2n) is 7.33. The topological polar surface area (TPSA) is 49.3 Å². The number of hydrogen-bond acceptors (Lipinski definition) is 5. The van der Waals surface area contributed by atoms with Crippen molar-refractivity contribution >= 4 is 23.5 Å². The molecule has 0 aliphatic carbocycles. The van der Waals surface area contributed by atoms with Gasteiger partial charge in [-0.1, -0.05) is 17.8 Å². The van der Waals surface area contributed by atoms with Crippen molar-refractivity contribution in [3.63, 3.8) is 0 Å². The van der Waals surface area contributed by atoms with E-state index < -0.39 is 11.7 Å². The van der Waals surface area contributed by atoms with E-state index in [4.69, 9.17) is 0 Å². The van der Waals surface area contributed by atoms with Crippen molar-refractivity contribution in [3.8, 4) is 0 Å². The zero-order chi connectivity index (χ0) is 22.6. The first-order chi connectivity index (χ1) is 15.4. The zero-order valence-corrected chi connectivity index (χ0v) is 17.9. The summed E-state index contributed by atoms with van der Waals surface area (Å²) in [6.45, 7) is 2.20. The average molecular weight is 459 g/mol. The van der Waals surface area contributed by atoms with Gasteiger partial charge in [0.25, 0.3) is 5.91 Å². The molecule has 1 fully saturated rings. The Morgan fingerprint density at radius 1 is 0.906 bits per heavy atom. The highest BCUT2D eigenvalue weighted by molar-refractivity contribution is 7.99. The lowest BCUT2D eigenvalue weighted by Gasteiger charge is -2.23. The van der Waals surface area contributed by atoms with Crippen molar-refractivity contribution in [1.82, 2.24) is 14.9 Å². The third kappa shape index (κ3) is 5.40. The largest absolute Gasteiger partial charge is 0.417 e. The van der Waals surface area contributed by atoms with Crippen molar-refractivity contribution in [3.05, 3.63) is 78.1 Å². The van der Waals surface area contributed by atoms with Gasteiger partial charge in [0.05, 0.1) is 5.56 Å². The van der Waals surface area contributed by atoms with E-state index in [0.29, 0.717) is 44.0 Å². The van der Waals surface area contributed by atoms with Gasteiger partial charge in [-0.25, -0.2) is 9.97 Å². The molecule has 1 amide bonds. The van der Waals surface area contributed by atoms with E-state index in [1.165, 1.54) is 17.8 Å². The fourth-order valence-electron chi connectivity index (χ4n) is 3.47. The maximum atomic E-state index is 13.0. The maximum absolute atomic E-state index is 13.0. The van der Waals surface area contributed by atoms with Gasteiger partial charge in [0.1, 0.15) is 10.8 Å². The van der Waals surface area contributed by atoms with Crippen LogP contribution in [0, 0.1) is 0 Å². The van der Waals surface area contributed by atoms with Crippen LogP contribution in [0.25, 0.3) is 0 Å². The lowest BCUT2D eigenvalue weighted by atomic mass is 10.2. The van der Waals surface area contributed by atoms with Crippen LogP contribution in [0.1, 0.15) is 22.3 Å². The minimum atomic E-state index is -4.40. The highest BCUT2D eigenvalue weighted by Gasteiger charge is 2.31. The van der Waals surface area contributed by atoms with Crippen LogP contribution in [0.4, 0.5) is 19.0 Å². The van der Waals surface area contributed by atoms with Crippen molar-refractivity contribution in [2.75, 3.05) is 31.1 Å². The number of rotatable bonds is 4. The molecule has 0 N–H and O–H groups in total. The van der Waals surface area contributed by atoms with Gasteiger partial charge >= 0.3 is 6.18 Å². The molecule has 0 saturated carbocycles. The summed E-state index contributed by atoms with van der Waals surface area (Å²) < 4.78 is 38.3. The van der Waals surface area contributed by atoms with Crippen LogP contribution in [0.15, 0.2) is 76.9 Å². The Labute approximate surface area is 188 Å². The van der Waals surface area contributed by atoms with Crippen molar-refractivity contribution < 1.29 is 18.0 Å². The number of halogens is 3. The van der Waals surface area contributed by atoms with Crippen molar-refractivity contribution in [2.45, 2.75) is 22.5 Å². The van der Waals surface area contributed by atoms with E-state index in [1.54, 1.807) is 11.1 Å². The van der Waals surface area contributed by atoms with Crippen LogP contribution in [-0.4, -0.2) is 47.0 Å². The van der Waals surface area contributed by atoms with E-state index in [1.807, 2.05) is 47.4 Å². The number of anilines is 1. The predicted octanol–water partition coefficient (Wildman–Crippen LogP) is 5.00. The Morgan fingerprint density at radius 2 is 1.72 bits per heavy atom. The molecule has 166 valence electrons. The molecule has 1 aromatic carbocycles. The predicted molar refractivity (Wildman–Crippen MR) is 117 cm³/mol. The summed E-state index contributed by atoms with van der Waals surface area (Å²) >= 11 is 1.53. The molecule has 1 saturated heterocycles. The average Bonchev–Trinajstić information content (AvgIpc) is 3.06. The number of pyridine rings is 2. The van der Waals surface area contributed by atoms with Gasteiger partial charge in [-0.3, -0.25) is 4.79 Å². The number of nitrogens with zero attached hydrogens (tertiary/aromatic N) is 4. The Bertz CT molecular complexity index is 1040. The molecule has 5 nitrogen and oxygen atoms in total. The number of amides is 1. The minimum Gasteiger partial charge on any atom is -0.355 e. The normalized spacial score (nSPS) is 14.8. The number of benzene rings is 1. The summed E-state index contributed by atoms with van der Waals surface area (Å²) in [5, 5.41) is 0.885. The molecule has 1 aliphatic rings. The number of aromatic nitrogens is 2. The molecule has 0 bridgehead atoms. The minimum absolute atomic E-state index is 0.0541. The quantitative estimate of drug-likeness (QED) is 0.551. The second kappa shape index (κ2) is 9.60. The highest BCUT2D eigenvalue weighted by atomic mass is 32.2. The monoisotopic (exact) mass is 458 g/mol. The van der Waals surface area contributed by atoms with Crippen LogP contribution in [0.5, 0.6) is 0 Å². The smallest absolute Gasteiger partial charge is 0.355 e. The molecule has 0 spiro atoms. The Kier molecular flexibility index (Phi) is 6.64. The summed E-state index contributed by atoms with van der Waals surface area (Å²) in [7, 11) is 0. The number of carbonyl (C=O) groups excluding carboxylic acids is 1. The first kappa shape index (κ1) is 22.1. The SMILES string of the molecule is O=C(c1ccc(Sc2ccccn2)cc1)N1CCCN(c2ccc(C(F)(F)F)cn2)CC1. The van der Waals surface area contributed by atoms with Gasteiger partial charge in [0.15, 0.2) is 0 Å². The summed E-state index contributed by atoms with van der Waals surface area (Å²) in [5.74, 6) is 0.435. The molecular formula is C23H21F3N4OS. The van der Waals surface area contributed by atoms with E-state index in [2.05, 4.69) is 9.97 Å². The Hall–Kier alpha value is -3.07. The second-order valence-corrected chi connectivity index (χ2v) is 8.42. The Balaban J connectivity index is 1.37. The lowest BCUT2D eigenvalue weighted by Crippen LogP contribution is -2.35. The fourth-order valence-corrected chi connectivity index (χ4v) is 4.24. The van der Waals surface area contributed by atoms with Gasteiger partial charge in [0, 0.05) is 49.0 Å². The molecule has 0 radical (unpaired) electrons. The summed E-state index contributed by atoms with van der Waals surface area (Å²) in [5.41, 5.74) is -0.158. The molecule has 3 aromatic rings. The van der Waals surface area contributed by atoms with Crippen LogP contribution < -0.4 is 4.90 Å². The summed E-state index contributed by atoms with van der Waals surface area (Å²) in [4.78, 5) is 25.9. The first-order valence-corrected chi connectivity index (χ1v) is 11.0. The van der Waals surface area contributed by atoms with E-state index in [-0.39, 0.29) is 5.91 Å². The van der Waals surface area contributed by atoms with Crippen molar-refractivity contribution in [1.29, 1.82) is 0 Å². The molecule has 4 rings (SSSR count). The van der Waals surface area contributed by atoms with Gasteiger partial charge in [-0.2, -0.15) is 13.2 Å². The third-order valence-corrected chi connectivity index (χ3v) is 6.10. The van der Waals surface area contributed by atoms with Gasteiger partial charge in [-0.15, -0.1) is 0 Å². The molecule has 9 heteroatoms. The summed E-state index contributed by atoms with van der Waals surface area (Å²) in [6.07, 6.45) is -1.10. The maximum Gasteiger partial charge on any atom is 0.417 e. The molecule has 0 unspecified atom stereocenters. The van der Waals surface area contributed by atoms with Crippen LogP contribution >= 0.6 is 11.8 Å². The molecule has 32 heavy (non-hydrogen) atoms. The van der Waals surface area contributed by atoms with E-state index >= 15 is 0 Å². The molecule has 3 heterocycles. The first-order valence-electron chi connectivity index (χ1n) is 10.2. The molecular weight excluding hydrogens is 437 g/mol. The highest BCUT2D eigenvalue weighted by Crippen LogP contribution is 2.30. The van der Waals surface area contributed by atoms with E-state index in [0.717, 1.165) is 22.2 Å². The van der Waals surface area contributed by atoms with Crippen LogP contribution in [-0.2, 0) is 6.18 Å². The van der Waals surface area contributed by atoms with Crippen LogP contribution in [0.2, 0.25) is 0 Å². The molecule has 2 aromatic heterocycles. The number of carbonyl (C=O) groups is 1. The van der Waals surface area contributed by atoms with Gasteiger partial charge in [-0.05, 0) is 55.0 Å². The third-order valence-electron chi connectivity index (χ3n) is 5.14.